The Morgan fingerprint density at radius 2 is 1.67 bits per heavy atom. The first-order valence-corrected chi connectivity index (χ1v) is 12.4. The number of morpholine rings is 1. The maximum atomic E-state index is 13.4. The fourth-order valence-corrected chi connectivity index (χ4v) is 8.85. The van der Waals surface area contributed by atoms with E-state index in [0.29, 0.717) is 17.7 Å². The van der Waals surface area contributed by atoms with Crippen LogP contribution in [0, 0.1) is 40.4 Å². The van der Waals surface area contributed by atoms with Crippen molar-refractivity contribution in [3.05, 3.63) is 0 Å². The SMILES string of the molecule is Br.C[C@]12CC[C@@H](O)C[C@H]1CC[C@@H]1[C@@H]2CC[C@]2(C)[C@@H](C(=O)CN3CCOCC3)CC[C@@H]12. The molecule has 5 aliphatic rings. The smallest absolute Gasteiger partial charge is 0.150 e. The van der Waals surface area contributed by atoms with Crippen molar-refractivity contribution in [1.82, 2.24) is 4.90 Å². The van der Waals surface area contributed by atoms with E-state index in [0.717, 1.165) is 69.2 Å². The zero-order valence-electron chi connectivity index (χ0n) is 19.0. The van der Waals surface area contributed by atoms with Crippen LogP contribution in [0.3, 0.4) is 0 Å². The third-order valence-corrected chi connectivity index (χ3v) is 10.5. The van der Waals surface area contributed by atoms with Crippen molar-refractivity contribution in [2.24, 2.45) is 40.4 Å². The average molecular weight is 485 g/mol. The van der Waals surface area contributed by atoms with E-state index in [1.54, 1.807) is 0 Å². The van der Waals surface area contributed by atoms with Crippen LogP contribution >= 0.6 is 17.0 Å². The van der Waals surface area contributed by atoms with Gasteiger partial charge in [-0.2, -0.15) is 0 Å². The molecule has 0 aromatic carbocycles. The molecule has 1 N–H and O–H groups in total. The molecule has 1 aliphatic heterocycles. The second kappa shape index (κ2) is 8.76. The van der Waals surface area contributed by atoms with Crippen molar-refractivity contribution in [1.29, 1.82) is 0 Å². The first kappa shape index (κ1) is 23.2. The summed E-state index contributed by atoms with van der Waals surface area (Å²) in [7, 11) is 0. The molecule has 30 heavy (non-hydrogen) atoms. The van der Waals surface area contributed by atoms with Crippen LogP contribution in [0.2, 0.25) is 0 Å². The molecule has 5 heteroatoms. The van der Waals surface area contributed by atoms with Gasteiger partial charge in [0.15, 0.2) is 0 Å². The molecule has 0 radical (unpaired) electrons. The van der Waals surface area contributed by atoms with E-state index >= 15 is 0 Å². The van der Waals surface area contributed by atoms with Crippen molar-refractivity contribution >= 4 is 22.8 Å². The molecule has 172 valence electrons. The maximum Gasteiger partial charge on any atom is 0.150 e. The Labute approximate surface area is 193 Å². The molecule has 0 aromatic rings. The number of nitrogens with zero attached hydrogens (tertiary/aromatic N) is 1. The van der Waals surface area contributed by atoms with E-state index in [1.807, 2.05) is 0 Å². The molecule has 0 amide bonds. The summed E-state index contributed by atoms with van der Waals surface area (Å²) in [6.45, 7) is 9.04. The quantitative estimate of drug-likeness (QED) is 0.642. The lowest BCUT2D eigenvalue weighted by Crippen LogP contribution is -2.54. The molecule has 0 bridgehead atoms. The molecule has 4 nitrogen and oxygen atoms in total. The monoisotopic (exact) mass is 483 g/mol. The van der Waals surface area contributed by atoms with Gasteiger partial charge in [0.05, 0.1) is 25.9 Å². The molecule has 0 aromatic heterocycles. The van der Waals surface area contributed by atoms with Crippen LogP contribution in [0.4, 0.5) is 0 Å². The summed E-state index contributed by atoms with van der Waals surface area (Å²) in [5, 5.41) is 10.2. The third kappa shape index (κ3) is 3.74. The Kier molecular flexibility index (Phi) is 6.77. The maximum absolute atomic E-state index is 13.4. The molecule has 4 aliphatic carbocycles. The van der Waals surface area contributed by atoms with Crippen LogP contribution in [0.1, 0.15) is 71.6 Å². The van der Waals surface area contributed by atoms with Gasteiger partial charge in [-0.3, -0.25) is 9.69 Å². The summed E-state index contributed by atoms with van der Waals surface area (Å²) in [4.78, 5) is 15.7. The zero-order chi connectivity index (χ0) is 20.2. The standard InChI is InChI=1S/C25H41NO3.BrH/c1-24-9-7-18(27)15-17(24)3-4-19-20-5-6-22(25(20,2)10-8-21(19)24)23(28)16-26-11-13-29-14-12-26;/h17-22,27H,3-16H2,1-2H3;1H/t17-,18-,19+,20+,21+,22-,24+,25+;/m1./s1. The average Bonchev–Trinajstić information content (AvgIpc) is 3.06. The van der Waals surface area contributed by atoms with Crippen molar-refractivity contribution in [2.45, 2.75) is 77.7 Å². The summed E-state index contributed by atoms with van der Waals surface area (Å²) in [6.07, 6.45) is 10.7. The molecule has 8 atom stereocenters. The van der Waals surface area contributed by atoms with E-state index in [2.05, 4.69) is 18.7 Å². The number of Topliss-reactive ketones (excluding diaryl/α,β-unsaturated/α-hetero) is 1. The summed E-state index contributed by atoms with van der Waals surface area (Å²) in [5.41, 5.74) is 0.654. The molecule has 4 saturated carbocycles. The van der Waals surface area contributed by atoms with Gasteiger partial charge in [0.25, 0.3) is 0 Å². The number of hydrogen-bond acceptors (Lipinski definition) is 4. The third-order valence-electron chi connectivity index (χ3n) is 10.5. The number of ether oxygens (including phenoxy) is 1. The van der Waals surface area contributed by atoms with Gasteiger partial charge in [-0.1, -0.05) is 13.8 Å². The lowest BCUT2D eigenvalue weighted by Gasteiger charge is -2.60. The Bertz CT molecular complexity index is 638. The van der Waals surface area contributed by atoms with Crippen LogP contribution in [-0.2, 0) is 9.53 Å². The second-order valence-electron chi connectivity index (χ2n) is 11.6. The van der Waals surface area contributed by atoms with Crippen molar-refractivity contribution < 1.29 is 14.6 Å². The van der Waals surface area contributed by atoms with Gasteiger partial charge < -0.3 is 9.84 Å². The first-order chi connectivity index (χ1) is 13.9. The predicted octanol–water partition coefficient (Wildman–Crippen LogP) is 4.49. The molecular weight excluding hydrogens is 442 g/mol. The normalized spacial score (nSPS) is 48.8. The van der Waals surface area contributed by atoms with Crippen LogP contribution in [0.5, 0.6) is 0 Å². The Hall–Kier alpha value is 0.0300. The Morgan fingerprint density at radius 1 is 0.967 bits per heavy atom. The van der Waals surface area contributed by atoms with Crippen LogP contribution in [0.15, 0.2) is 0 Å². The Balaban J connectivity index is 0.00000218. The van der Waals surface area contributed by atoms with Crippen LogP contribution < -0.4 is 0 Å². The topological polar surface area (TPSA) is 49.8 Å². The van der Waals surface area contributed by atoms with Crippen molar-refractivity contribution in [2.75, 3.05) is 32.8 Å². The van der Waals surface area contributed by atoms with Gasteiger partial charge >= 0.3 is 0 Å². The number of fused-ring (bicyclic) bond motifs is 5. The zero-order valence-corrected chi connectivity index (χ0v) is 20.7. The number of carbonyl (C=O) groups is 1. The number of hydrogen-bond donors (Lipinski definition) is 1. The van der Waals surface area contributed by atoms with Crippen molar-refractivity contribution in [3.63, 3.8) is 0 Å². The highest BCUT2D eigenvalue weighted by Crippen LogP contribution is 2.67. The van der Waals surface area contributed by atoms with Crippen LogP contribution in [0.25, 0.3) is 0 Å². The summed E-state index contributed by atoms with van der Waals surface area (Å²) in [5.74, 6) is 3.87. The first-order valence-electron chi connectivity index (χ1n) is 12.4. The molecule has 5 rings (SSSR count). The van der Waals surface area contributed by atoms with E-state index in [4.69, 9.17) is 4.74 Å². The summed E-state index contributed by atoms with van der Waals surface area (Å²) in [6, 6.07) is 0. The number of aliphatic hydroxyl groups excluding tert-OH is 1. The minimum atomic E-state index is -0.0628. The van der Waals surface area contributed by atoms with Crippen molar-refractivity contribution in [3.8, 4) is 0 Å². The van der Waals surface area contributed by atoms with Gasteiger partial charge in [0.1, 0.15) is 5.78 Å². The van der Waals surface area contributed by atoms with Gasteiger partial charge in [-0.25, -0.2) is 0 Å². The lowest BCUT2D eigenvalue weighted by molar-refractivity contribution is -0.141. The van der Waals surface area contributed by atoms with E-state index in [-0.39, 0.29) is 34.4 Å². The minimum absolute atomic E-state index is 0. The molecule has 1 heterocycles. The molecule has 1 saturated heterocycles. The van der Waals surface area contributed by atoms with Gasteiger partial charge in [0, 0.05) is 19.0 Å². The van der Waals surface area contributed by atoms with Gasteiger partial charge in [-0.15, -0.1) is 17.0 Å². The molecular formula is C25H42BrNO3. The highest BCUT2D eigenvalue weighted by molar-refractivity contribution is 8.93. The summed E-state index contributed by atoms with van der Waals surface area (Å²) >= 11 is 0. The van der Waals surface area contributed by atoms with E-state index < -0.39 is 0 Å². The largest absolute Gasteiger partial charge is 0.393 e. The predicted molar refractivity (Wildman–Crippen MR) is 124 cm³/mol. The number of rotatable bonds is 3. The van der Waals surface area contributed by atoms with Gasteiger partial charge in [-0.05, 0) is 92.3 Å². The molecule has 0 unspecified atom stereocenters. The highest BCUT2D eigenvalue weighted by atomic mass is 79.9. The summed E-state index contributed by atoms with van der Waals surface area (Å²) < 4.78 is 5.46. The number of carbonyl (C=O) groups excluding carboxylic acids is 1. The highest BCUT2D eigenvalue weighted by Gasteiger charge is 2.61. The Morgan fingerprint density at radius 3 is 2.43 bits per heavy atom. The van der Waals surface area contributed by atoms with Gasteiger partial charge in [0.2, 0.25) is 0 Å². The fourth-order valence-electron chi connectivity index (χ4n) is 8.85. The second-order valence-corrected chi connectivity index (χ2v) is 11.6. The van der Waals surface area contributed by atoms with Crippen LogP contribution in [-0.4, -0.2) is 54.7 Å². The lowest BCUT2D eigenvalue weighted by atomic mass is 9.44. The number of aliphatic hydroxyl groups is 1. The molecule has 5 fully saturated rings. The minimum Gasteiger partial charge on any atom is -0.393 e. The number of ketones is 1. The molecule has 0 spiro atoms. The van der Waals surface area contributed by atoms with E-state index in [9.17, 15) is 9.90 Å². The number of halogens is 1. The van der Waals surface area contributed by atoms with E-state index in [1.165, 1.54) is 38.5 Å². The fraction of sp³-hybridized carbons (Fsp3) is 0.960.